The number of hydrogen-bond donors (Lipinski definition) is 0. The fourth-order valence-electron chi connectivity index (χ4n) is 0. The molecule has 0 aromatic heterocycles. The van der Waals surface area contributed by atoms with Gasteiger partial charge in [-0.25, -0.2) is 0 Å². The third-order valence-corrected chi connectivity index (χ3v) is 0.0556. The van der Waals surface area contributed by atoms with Crippen LogP contribution in [0.15, 0.2) is 12.7 Å². The van der Waals surface area contributed by atoms with Gasteiger partial charge in [0.05, 0.1) is 0 Å². The SMILES string of the molecule is C=CC.O=CC=O. The minimum Gasteiger partial charge on any atom is -0.295 e. The van der Waals surface area contributed by atoms with E-state index in [1.54, 1.807) is 6.08 Å². The highest BCUT2D eigenvalue weighted by atomic mass is 16.2. The third-order valence-electron chi connectivity index (χ3n) is 0.0556. The molecule has 7 heavy (non-hydrogen) atoms. The molecular formula is C5H8O2. The van der Waals surface area contributed by atoms with Gasteiger partial charge in [-0.1, -0.05) is 6.08 Å². The number of rotatable bonds is 1. The van der Waals surface area contributed by atoms with Crippen LogP contribution in [0.2, 0.25) is 0 Å². The number of carbonyl (C=O) groups is 2. The standard InChI is InChI=1S/C3H6.C2H2O2/c1-3-2;3-1-2-4/h3H,1H2,2H3;1-2H. The zero-order chi connectivity index (χ0) is 6.12. The van der Waals surface area contributed by atoms with E-state index in [4.69, 9.17) is 9.59 Å². The molecule has 0 amide bonds. The van der Waals surface area contributed by atoms with E-state index in [1.807, 2.05) is 6.92 Å². The molecule has 2 heteroatoms. The van der Waals surface area contributed by atoms with E-state index in [9.17, 15) is 0 Å². The zero-order valence-electron chi connectivity index (χ0n) is 4.26. The van der Waals surface area contributed by atoms with Gasteiger partial charge in [0.15, 0.2) is 12.6 Å². The van der Waals surface area contributed by atoms with E-state index in [2.05, 4.69) is 6.58 Å². The summed E-state index contributed by atoms with van der Waals surface area (Å²) in [4.78, 5) is 17.6. The average molecular weight is 100 g/mol. The molecule has 0 saturated carbocycles. The maximum atomic E-state index is 8.81. The van der Waals surface area contributed by atoms with Crippen molar-refractivity contribution >= 4 is 12.6 Å². The molecule has 0 aliphatic heterocycles. The maximum Gasteiger partial charge on any atom is 0.182 e. The maximum absolute atomic E-state index is 8.81. The molecule has 0 aromatic rings. The predicted molar refractivity (Wildman–Crippen MR) is 28.0 cm³/mol. The summed E-state index contributed by atoms with van der Waals surface area (Å²) >= 11 is 0. The number of allylic oxidation sites excluding steroid dienone is 1. The Hall–Kier alpha value is -0.920. The Bertz CT molecular complexity index is 51.1. The fraction of sp³-hybridized carbons (Fsp3) is 0.200. The van der Waals surface area contributed by atoms with Crippen LogP contribution < -0.4 is 0 Å². The van der Waals surface area contributed by atoms with Gasteiger partial charge in [-0.15, -0.1) is 6.58 Å². The molecule has 40 valence electrons. The van der Waals surface area contributed by atoms with Crippen molar-refractivity contribution in [1.29, 1.82) is 0 Å². The Morgan fingerprint density at radius 1 is 1.29 bits per heavy atom. The lowest BCUT2D eigenvalue weighted by Crippen LogP contribution is -1.62. The van der Waals surface area contributed by atoms with E-state index in [1.165, 1.54) is 0 Å². The van der Waals surface area contributed by atoms with Crippen molar-refractivity contribution in [3.05, 3.63) is 12.7 Å². The Balaban J connectivity index is 0. The summed E-state index contributed by atoms with van der Waals surface area (Å²) in [5.74, 6) is 0. The number of carbonyl (C=O) groups excluding carboxylic acids is 2. The quantitative estimate of drug-likeness (QED) is 0.274. The summed E-state index contributed by atoms with van der Waals surface area (Å²) in [5.41, 5.74) is 0. The summed E-state index contributed by atoms with van der Waals surface area (Å²) in [5, 5.41) is 0. The minimum atomic E-state index is 0.194. The summed E-state index contributed by atoms with van der Waals surface area (Å²) in [7, 11) is 0. The first-order valence-corrected chi connectivity index (χ1v) is 1.79. The molecule has 0 heterocycles. The van der Waals surface area contributed by atoms with E-state index in [0.29, 0.717) is 0 Å². The van der Waals surface area contributed by atoms with Crippen molar-refractivity contribution in [2.24, 2.45) is 0 Å². The minimum absolute atomic E-state index is 0.194. The van der Waals surface area contributed by atoms with Crippen molar-refractivity contribution in [2.75, 3.05) is 0 Å². The molecule has 0 spiro atoms. The lowest BCUT2D eigenvalue weighted by atomic mass is 10.8. The summed E-state index contributed by atoms with van der Waals surface area (Å²) in [6.45, 7) is 5.25. The van der Waals surface area contributed by atoms with Crippen LogP contribution in [0.1, 0.15) is 6.92 Å². The first-order valence-electron chi connectivity index (χ1n) is 1.79. The van der Waals surface area contributed by atoms with Gasteiger partial charge in [-0.05, 0) is 6.92 Å². The van der Waals surface area contributed by atoms with Gasteiger partial charge in [-0.3, -0.25) is 9.59 Å². The molecule has 0 N–H and O–H groups in total. The molecule has 2 nitrogen and oxygen atoms in total. The van der Waals surface area contributed by atoms with Crippen LogP contribution >= 0.6 is 0 Å². The van der Waals surface area contributed by atoms with Gasteiger partial charge in [-0.2, -0.15) is 0 Å². The Morgan fingerprint density at radius 2 is 1.43 bits per heavy atom. The molecule has 0 fully saturated rings. The van der Waals surface area contributed by atoms with Crippen LogP contribution in [0, 0.1) is 0 Å². The Kier molecular flexibility index (Phi) is 26.3. The molecule has 0 unspecified atom stereocenters. The molecule has 0 aliphatic carbocycles. The smallest absolute Gasteiger partial charge is 0.182 e. The van der Waals surface area contributed by atoms with Crippen LogP contribution in [0.25, 0.3) is 0 Å². The normalized spacial score (nSPS) is 4.71. The molecule has 0 aromatic carbocycles. The second-order valence-corrected chi connectivity index (χ2v) is 0.680. The highest BCUT2D eigenvalue weighted by molar-refractivity contribution is 6.09. The molecule has 0 aliphatic rings. The van der Waals surface area contributed by atoms with Gasteiger partial charge in [0.25, 0.3) is 0 Å². The van der Waals surface area contributed by atoms with Crippen LogP contribution in [0.3, 0.4) is 0 Å². The molecule has 0 atom stereocenters. The van der Waals surface area contributed by atoms with Crippen LogP contribution in [-0.4, -0.2) is 12.6 Å². The average Bonchev–Trinajstić information content (AvgIpc) is 1.69. The first-order chi connectivity index (χ1) is 3.33. The van der Waals surface area contributed by atoms with Gasteiger partial charge >= 0.3 is 0 Å². The lowest BCUT2D eigenvalue weighted by Gasteiger charge is -1.31. The van der Waals surface area contributed by atoms with E-state index >= 15 is 0 Å². The highest BCUT2D eigenvalue weighted by Crippen LogP contribution is 1.38. The summed E-state index contributed by atoms with van der Waals surface area (Å²) in [6.07, 6.45) is 2.14. The van der Waals surface area contributed by atoms with Crippen molar-refractivity contribution in [3.63, 3.8) is 0 Å². The first kappa shape index (κ1) is 9.43. The zero-order valence-corrected chi connectivity index (χ0v) is 4.26. The third kappa shape index (κ3) is 7530. The van der Waals surface area contributed by atoms with Gasteiger partial charge < -0.3 is 0 Å². The second kappa shape index (κ2) is 19.5. The van der Waals surface area contributed by atoms with E-state index in [-0.39, 0.29) is 12.6 Å². The summed E-state index contributed by atoms with van der Waals surface area (Å²) in [6, 6.07) is 0. The molecular weight excluding hydrogens is 92.1 g/mol. The van der Waals surface area contributed by atoms with E-state index < -0.39 is 0 Å². The topological polar surface area (TPSA) is 34.1 Å². The van der Waals surface area contributed by atoms with Crippen LogP contribution in [-0.2, 0) is 9.59 Å². The highest BCUT2D eigenvalue weighted by Gasteiger charge is 1.47. The monoisotopic (exact) mass is 100 g/mol. The molecule has 0 radical (unpaired) electrons. The molecule has 0 rings (SSSR count). The molecule has 0 bridgehead atoms. The number of aldehydes is 2. The van der Waals surface area contributed by atoms with E-state index in [0.717, 1.165) is 0 Å². The second-order valence-electron chi connectivity index (χ2n) is 0.680. The van der Waals surface area contributed by atoms with Gasteiger partial charge in [0.2, 0.25) is 0 Å². The van der Waals surface area contributed by atoms with Crippen LogP contribution in [0.5, 0.6) is 0 Å². The van der Waals surface area contributed by atoms with Gasteiger partial charge in [0, 0.05) is 0 Å². The van der Waals surface area contributed by atoms with Crippen molar-refractivity contribution in [3.8, 4) is 0 Å². The van der Waals surface area contributed by atoms with Crippen LogP contribution in [0.4, 0.5) is 0 Å². The Labute approximate surface area is 42.8 Å². The van der Waals surface area contributed by atoms with Gasteiger partial charge in [0.1, 0.15) is 0 Å². The largest absolute Gasteiger partial charge is 0.295 e. The number of hydrogen-bond acceptors (Lipinski definition) is 2. The van der Waals surface area contributed by atoms with Crippen molar-refractivity contribution in [1.82, 2.24) is 0 Å². The predicted octanol–water partition coefficient (Wildman–Crippen LogP) is 0.577. The van der Waals surface area contributed by atoms with Crippen molar-refractivity contribution in [2.45, 2.75) is 6.92 Å². The summed E-state index contributed by atoms with van der Waals surface area (Å²) < 4.78 is 0. The molecule has 0 saturated heterocycles. The van der Waals surface area contributed by atoms with Crippen molar-refractivity contribution < 1.29 is 9.59 Å². The fourth-order valence-corrected chi connectivity index (χ4v) is 0. The Morgan fingerprint density at radius 3 is 1.43 bits per heavy atom. The lowest BCUT2D eigenvalue weighted by molar-refractivity contribution is -0.122.